The highest BCUT2D eigenvalue weighted by Gasteiger charge is 2.04. The SMILES string of the molecule is CCCCC/C=C\C/C=C\CCCCCCCC(=O)OCCN(C)CCO.COS(=O)(=O)O. The van der Waals surface area contributed by atoms with Crippen molar-refractivity contribution in [2.24, 2.45) is 0 Å². The molecule has 0 aromatic heterocycles. The van der Waals surface area contributed by atoms with E-state index >= 15 is 0 Å². The number of nitrogens with zero attached hydrogens (tertiary/aromatic N) is 1. The molecule has 0 aromatic rings. The van der Waals surface area contributed by atoms with Gasteiger partial charge in [0.15, 0.2) is 0 Å². The summed E-state index contributed by atoms with van der Waals surface area (Å²) in [7, 11) is -1.38. The molecule has 0 saturated heterocycles. The van der Waals surface area contributed by atoms with Crippen LogP contribution >= 0.6 is 0 Å². The van der Waals surface area contributed by atoms with Crippen LogP contribution in [0.25, 0.3) is 0 Å². The van der Waals surface area contributed by atoms with Gasteiger partial charge in [-0.1, -0.05) is 63.3 Å². The van der Waals surface area contributed by atoms with E-state index < -0.39 is 10.4 Å². The molecule has 0 rings (SSSR count). The second-order valence-corrected chi connectivity index (χ2v) is 9.01. The van der Waals surface area contributed by atoms with Gasteiger partial charge in [0.1, 0.15) is 6.61 Å². The largest absolute Gasteiger partial charge is 0.464 e. The van der Waals surface area contributed by atoms with Gasteiger partial charge in [0.05, 0.1) is 13.7 Å². The van der Waals surface area contributed by atoms with Crippen molar-refractivity contribution in [2.75, 3.05) is 40.5 Å². The van der Waals surface area contributed by atoms with E-state index in [1.54, 1.807) is 0 Å². The number of aliphatic hydroxyl groups is 1. The molecule has 0 saturated carbocycles. The van der Waals surface area contributed by atoms with E-state index in [-0.39, 0.29) is 12.6 Å². The Kier molecular flexibility index (Phi) is 26.1. The van der Waals surface area contributed by atoms with Gasteiger partial charge < -0.3 is 14.7 Å². The number of aliphatic hydroxyl groups excluding tert-OH is 1. The summed E-state index contributed by atoms with van der Waals surface area (Å²) in [6, 6.07) is 0. The van der Waals surface area contributed by atoms with Crippen molar-refractivity contribution >= 4 is 16.4 Å². The minimum Gasteiger partial charge on any atom is -0.464 e. The van der Waals surface area contributed by atoms with Gasteiger partial charge in [-0.25, -0.2) is 0 Å². The van der Waals surface area contributed by atoms with Gasteiger partial charge in [-0.3, -0.25) is 13.5 Å². The summed E-state index contributed by atoms with van der Waals surface area (Å²) < 4.78 is 34.9. The molecule has 0 aliphatic rings. The van der Waals surface area contributed by atoms with E-state index in [9.17, 15) is 13.2 Å². The first-order chi connectivity index (χ1) is 15.8. The van der Waals surface area contributed by atoms with Crippen molar-refractivity contribution < 1.29 is 31.8 Å². The monoisotopic (exact) mass is 493 g/mol. The highest BCUT2D eigenvalue weighted by atomic mass is 32.3. The quantitative estimate of drug-likeness (QED) is 0.109. The molecule has 0 bridgehead atoms. The number of hydrogen-bond donors (Lipinski definition) is 2. The summed E-state index contributed by atoms with van der Waals surface area (Å²) in [5.74, 6) is -0.0990. The topological polar surface area (TPSA) is 113 Å². The molecule has 0 amide bonds. The Labute approximate surface area is 202 Å². The zero-order valence-electron chi connectivity index (χ0n) is 20.9. The van der Waals surface area contributed by atoms with E-state index in [0.29, 0.717) is 26.1 Å². The predicted octanol–water partition coefficient (Wildman–Crippen LogP) is 4.70. The first-order valence-corrected chi connectivity index (χ1v) is 13.4. The normalized spacial score (nSPS) is 11.8. The Morgan fingerprint density at radius 1 is 0.909 bits per heavy atom. The van der Waals surface area contributed by atoms with Gasteiger partial charge in [0.2, 0.25) is 0 Å². The maximum Gasteiger partial charge on any atom is 0.397 e. The standard InChI is InChI=1S/C23H43NO3.CH4O4S/c1-3-4-5-6-7-8-9-10-11-12-13-14-15-16-17-18-23(26)27-22-20-24(2)19-21-25;1-5-6(2,3)4/h7-8,10-11,25H,3-6,9,12-22H2,1-2H3;1H3,(H,2,3,4)/b8-7-,11-10-;. The van der Waals surface area contributed by atoms with Gasteiger partial charge in [0, 0.05) is 19.5 Å². The summed E-state index contributed by atoms with van der Waals surface area (Å²) in [4.78, 5) is 13.6. The Morgan fingerprint density at radius 2 is 1.45 bits per heavy atom. The zero-order chi connectivity index (χ0) is 25.2. The average molecular weight is 494 g/mol. The van der Waals surface area contributed by atoms with Crippen molar-refractivity contribution in [1.82, 2.24) is 4.90 Å². The highest BCUT2D eigenvalue weighted by molar-refractivity contribution is 7.80. The number of unbranched alkanes of at least 4 members (excludes halogenated alkanes) is 8. The summed E-state index contributed by atoms with van der Waals surface area (Å²) in [5.41, 5.74) is 0. The number of rotatable bonds is 20. The molecule has 0 fully saturated rings. The lowest BCUT2D eigenvalue weighted by atomic mass is 10.1. The first kappa shape index (κ1) is 33.9. The third-order valence-corrected chi connectivity index (χ3v) is 5.18. The van der Waals surface area contributed by atoms with Crippen molar-refractivity contribution in [2.45, 2.75) is 84.0 Å². The van der Waals surface area contributed by atoms with E-state index in [4.69, 9.17) is 14.4 Å². The van der Waals surface area contributed by atoms with Crippen LogP contribution in [0.3, 0.4) is 0 Å². The summed E-state index contributed by atoms with van der Waals surface area (Å²) in [6.07, 6.45) is 22.7. The van der Waals surface area contributed by atoms with Gasteiger partial charge in [-0.2, -0.15) is 8.42 Å². The highest BCUT2D eigenvalue weighted by Crippen LogP contribution is 2.08. The molecule has 0 aliphatic heterocycles. The van der Waals surface area contributed by atoms with Crippen molar-refractivity contribution in [3.8, 4) is 0 Å². The van der Waals surface area contributed by atoms with Crippen molar-refractivity contribution in [3.63, 3.8) is 0 Å². The minimum absolute atomic E-state index is 0.0990. The van der Waals surface area contributed by atoms with Gasteiger partial charge in [0.25, 0.3) is 0 Å². The second-order valence-electron chi connectivity index (χ2n) is 7.82. The lowest BCUT2D eigenvalue weighted by Crippen LogP contribution is -2.27. The number of likely N-dealkylation sites (N-methyl/N-ethyl adjacent to an activating group) is 1. The van der Waals surface area contributed by atoms with E-state index in [1.165, 1.54) is 44.9 Å². The molecular formula is C24H47NO7S. The number of allylic oxidation sites excluding steroid dienone is 4. The van der Waals surface area contributed by atoms with Gasteiger partial charge in [-0.15, -0.1) is 0 Å². The van der Waals surface area contributed by atoms with Gasteiger partial charge in [-0.05, 0) is 45.6 Å². The van der Waals surface area contributed by atoms with Crippen molar-refractivity contribution in [1.29, 1.82) is 0 Å². The molecule has 196 valence electrons. The van der Waals surface area contributed by atoms with Crippen LogP contribution in [0, 0.1) is 0 Å². The van der Waals surface area contributed by atoms with Gasteiger partial charge >= 0.3 is 16.4 Å². The fourth-order valence-corrected chi connectivity index (χ4v) is 2.75. The van der Waals surface area contributed by atoms with Crippen LogP contribution in [0.1, 0.15) is 84.0 Å². The lowest BCUT2D eigenvalue weighted by Gasteiger charge is -2.14. The van der Waals surface area contributed by atoms with Crippen LogP contribution < -0.4 is 0 Å². The molecule has 0 unspecified atom stereocenters. The van der Waals surface area contributed by atoms with E-state index in [0.717, 1.165) is 32.8 Å². The Balaban J connectivity index is 0. The molecular weight excluding hydrogens is 446 g/mol. The Bertz CT molecular complexity index is 592. The fraction of sp³-hybridized carbons (Fsp3) is 0.792. The number of carbonyl (C=O) groups is 1. The predicted molar refractivity (Wildman–Crippen MR) is 133 cm³/mol. The van der Waals surface area contributed by atoms with Crippen LogP contribution in [0.5, 0.6) is 0 Å². The zero-order valence-corrected chi connectivity index (χ0v) is 21.7. The van der Waals surface area contributed by atoms with Crippen LogP contribution in [0.15, 0.2) is 24.3 Å². The Morgan fingerprint density at radius 3 is 2.00 bits per heavy atom. The molecule has 0 aromatic carbocycles. The molecule has 0 atom stereocenters. The lowest BCUT2D eigenvalue weighted by molar-refractivity contribution is -0.144. The fourth-order valence-electron chi connectivity index (χ4n) is 2.75. The summed E-state index contributed by atoms with van der Waals surface area (Å²) in [6.45, 7) is 4.08. The number of ether oxygens (including phenoxy) is 1. The number of hydrogen-bond acceptors (Lipinski definition) is 7. The van der Waals surface area contributed by atoms with Crippen LogP contribution in [-0.4, -0.2) is 69.4 Å². The molecule has 0 heterocycles. The summed E-state index contributed by atoms with van der Waals surface area (Å²) in [5, 5.41) is 8.79. The van der Waals surface area contributed by atoms with Crippen LogP contribution in [0.2, 0.25) is 0 Å². The Hall–Kier alpha value is -1.26. The maximum absolute atomic E-state index is 11.6. The van der Waals surface area contributed by atoms with Crippen LogP contribution in [-0.2, 0) is 24.1 Å². The second kappa shape index (κ2) is 25.4. The average Bonchev–Trinajstić information content (AvgIpc) is 2.76. The van der Waals surface area contributed by atoms with E-state index in [1.807, 2.05) is 11.9 Å². The molecule has 33 heavy (non-hydrogen) atoms. The van der Waals surface area contributed by atoms with Crippen molar-refractivity contribution in [3.05, 3.63) is 24.3 Å². The molecule has 8 nitrogen and oxygen atoms in total. The summed E-state index contributed by atoms with van der Waals surface area (Å²) >= 11 is 0. The molecule has 2 N–H and O–H groups in total. The molecule has 0 aliphatic carbocycles. The number of esters is 1. The molecule has 0 radical (unpaired) electrons. The third kappa shape index (κ3) is 33.0. The number of carbonyl (C=O) groups excluding carboxylic acids is 1. The third-order valence-electron chi connectivity index (χ3n) is 4.76. The minimum atomic E-state index is -4.16. The maximum atomic E-state index is 11.6. The molecule has 0 spiro atoms. The molecule has 9 heteroatoms. The first-order valence-electron chi connectivity index (χ1n) is 12.0. The van der Waals surface area contributed by atoms with Crippen LogP contribution in [0.4, 0.5) is 0 Å². The van der Waals surface area contributed by atoms with E-state index in [2.05, 4.69) is 35.4 Å². The smallest absolute Gasteiger partial charge is 0.397 e.